The molecular formula is C12H14N10O2Zn+2. The molecule has 25 heavy (non-hydrogen) atoms. The fourth-order valence-electron chi connectivity index (χ4n) is 1.48. The Kier molecular flexibility index (Phi) is 10.1. The van der Waals surface area contributed by atoms with E-state index in [4.69, 9.17) is 0 Å². The van der Waals surface area contributed by atoms with Crippen LogP contribution >= 0.6 is 0 Å². The van der Waals surface area contributed by atoms with Crippen LogP contribution in [0.4, 0.5) is 0 Å². The summed E-state index contributed by atoms with van der Waals surface area (Å²) in [7, 11) is 0. The molecule has 0 atom stereocenters. The van der Waals surface area contributed by atoms with Gasteiger partial charge in [0.25, 0.3) is 0 Å². The SMILES string of the molecule is [OH3+].[OH3+].[Zn+2].c1ccc(-c2nnn[n-]2)nc1.c1ccc(-c2nnn[n-]2)nc1. The van der Waals surface area contributed by atoms with Gasteiger partial charge in [-0.2, -0.15) is 10.4 Å². The van der Waals surface area contributed by atoms with Crippen molar-refractivity contribution in [1.82, 2.24) is 51.2 Å². The van der Waals surface area contributed by atoms with E-state index in [1.807, 2.05) is 24.3 Å². The van der Waals surface area contributed by atoms with Crippen LogP contribution in [0.5, 0.6) is 0 Å². The van der Waals surface area contributed by atoms with Gasteiger partial charge in [0.2, 0.25) is 0 Å². The second-order valence-corrected chi connectivity index (χ2v) is 3.83. The Balaban J connectivity index is 0.000000411. The first-order chi connectivity index (χ1) is 10.9. The summed E-state index contributed by atoms with van der Waals surface area (Å²) in [5.41, 5.74) is 1.38. The van der Waals surface area contributed by atoms with E-state index in [9.17, 15) is 0 Å². The molecule has 0 fully saturated rings. The molecule has 0 radical (unpaired) electrons. The number of hydrogen-bond donors (Lipinski definition) is 0. The molecule has 0 aliphatic heterocycles. The quantitative estimate of drug-likeness (QED) is 0.268. The Morgan fingerprint density at radius 2 is 1.08 bits per heavy atom. The van der Waals surface area contributed by atoms with Gasteiger partial charge in [0.05, 0.1) is 23.0 Å². The maximum atomic E-state index is 4.02. The summed E-state index contributed by atoms with van der Waals surface area (Å²) in [6.07, 6.45) is 3.34. The molecule has 0 saturated heterocycles. The molecule has 13 heteroatoms. The van der Waals surface area contributed by atoms with E-state index in [0.29, 0.717) is 23.0 Å². The minimum atomic E-state index is 0. The summed E-state index contributed by atoms with van der Waals surface area (Å²) in [6, 6.07) is 11.0. The summed E-state index contributed by atoms with van der Waals surface area (Å²) in [4.78, 5) is 8.03. The summed E-state index contributed by atoms with van der Waals surface area (Å²) in [5, 5.41) is 28.0. The molecule has 0 aliphatic carbocycles. The zero-order chi connectivity index (χ0) is 15.0. The summed E-state index contributed by atoms with van der Waals surface area (Å²) >= 11 is 0. The van der Waals surface area contributed by atoms with E-state index < -0.39 is 0 Å². The summed E-state index contributed by atoms with van der Waals surface area (Å²) < 4.78 is 0. The minimum absolute atomic E-state index is 0. The van der Waals surface area contributed by atoms with Gasteiger partial charge in [0, 0.05) is 12.4 Å². The van der Waals surface area contributed by atoms with Crippen LogP contribution in [0.25, 0.3) is 23.0 Å². The standard InChI is InChI=1S/2C6H4N5.2H2O.Zn/c2*1-2-4-7-5(3-1)6-8-10-11-9-6;;;/h2*1-4H;2*1H2;/q2*-1;;;+2/p+2. The number of aromatic nitrogens is 10. The third-order valence-corrected chi connectivity index (χ3v) is 2.43. The Bertz CT molecular complexity index is 714. The van der Waals surface area contributed by atoms with E-state index in [1.54, 1.807) is 24.5 Å². The Morgan fingerprint density at radius 3 is 1.36 bits per heavy atom. The van der Waals surface area contributed by atoms with Gasteiger partial charge in [-0.15, -0.1) is 0 Å². The molecule has 4 aromatic heterocycles. The van der Waals surface area contributed by atoms with Gasteiger partial charge in [-0.25, -0.2) is 0 Å². The monoisotopic (exact) mass is 394 g/mol. The molecule has 0 spiro atoms. The minimum Gasteiger partial charge on any atom is -0.457 e. The number of nitrogens with zero attached hydrogens (tertiary/aromatic N) is 10. The second kappa shape index (κ2) is 11.5. The molecule has 0 unspecified atom stereocenters. The van der Waals surface area contributed by atoms with Crippen LogP contribution in [0.3, 0.4) is 0 Å². The average Bonchev–Trinajstić information content (AvgIpc) is 3.31. The molecule has 0 saturated carbocycles. The van der Waals surface area contributed by atoms with Gasteiger partial charge in [0.15, 0.2) is 0 Å². The first kappa shape index (κ1) is 22.0. The molecule has 0 aromatic carbocycles. The van der Waals surface area contributed by atoms with Crippen molar-refractivity contribution in [3.8, 4) is 23.0 Å². The van der Waals surface area contributed by atoms with Gasteiger partial charge >= 0.3 is 19.5 Å². The second-order valence-electron chi connectivity index (χ2n) is 3.83. The Hall–Kier alpha value is -3.02. The van der Waals surface area contributed by atoms with Crippen LogP contribution in [-0.2, 0) is 30.4 Å². The van der Waals surface area contributed by atoms with Gasteiger partial charge < -0.3 is 21.1 Å². The van der Waals surface area contributed by atoms with E-state index in [2.05, 4.69) is 51.2 Å². The predicted octanol–water partition coefficient (Wildman–Crippen LogP) is -2.06. The van der Waals surface area contributed by atoms with Crippen molar-refractivity contribution >= 4 is 0 Å². The van der Waals surface area contributed by atoms with Crippen molar-refractivity contribution in [2.45, 2.75) is 0 Å². The first-order valence-electron chi connectivity index (χ1n) is 6.14. The van der Waals surface area contributed by atoms with Crippen molar-refractivity contribution in [2.24, 2.45) is 0 Å². The van der Waals surface area contributed by atoms with Gasteiger partial charge in [-0.3, -0.25) is 30.6 Å². The van der Waals surface area contributed by atoms with Crippen LogP contribution in [-0.4, -0.2) is 41.0 Å². The van der Waals surface area contributed by atoms with Crippen LogP contribution in [0.2, 0.25) is 0 Å². The zero-order valence-corrected chi connectivity index (χ0v) is 15.9. The van der Waals surface area contributed by atoms with Crippen molar-refractivity contribution < 1.29 is 30.4 Å². The van der Waals surface area contributed by atoms with Gasteiger partial charge in [-0.05, 0) is 24.3 Å². The number of pyridine rings is 2. The van der Waals surface area contributed by atoms with Gasteiger partial charge in [0.1, 0.15) is 0 Å². The molecule has 0 aliphatic rings. The van der Waals surface area contributed by atoms with E-state index in [1.165, 1.54) is 0 Å². The molecule has 12 nitrogen and oxygen atoms in total. The fraction of sp³-hybridized carbons (Fsp3) is 0. The maximum absolute atomic E-state index is 4.02. The smallest absolute Gasteiger partial charge is 0.457 e. The van der Waals surface area contributed by atoms with Crippen molar-refractivity contribution in [1.29, 1.82) is 0 Å². The third kappa shape index (κ3) is 6.18. The molecule has 4 heterocycles. The van der Waals surface area contributed by atoms with Crippen molar-refractivity contribution in [3.05, 3.63) is 48.8 Å². The molecule has 4 aromatic rings. The topological polar surface area (TPSA) is 197 Å². The van der Waals surface area contributed by atoms with Crippen molar-refractivity contribution in [3.63, 3.8) is 0 Å². The maximum Gasteiger partial charge on any atom is 2.00 e. The number of tetrazole rings is 2. The molecular weight excluding hydrogens is 382 g/mol. The van der Waals surface area contributed by atoms with E-state index in [-0.39, 0.29) is 30.4 Å². The fourth-order valence-corrected chi connectivity index (χ4v) is 1.48. The summed E-state index contributed by atoms with van der Waals surface area (Å²) in [6.45, 7) is 0. The van der Waals surface area contributed by atoms with Crippen LogP contribution in [0.1, 0.15) is 0 Å². The molecule has 0 amide bonds. The first-order valence-corrected chi connectivity index (χ1v) is 6.14. The van der Waals surface area contributed by atoms with Gasteiger partial charge in [-0.1, -0.05) is 12.1 Å². The zero-order valence-electron chi connectivity index (χ0n) is 13.0. The van der Waals surface area contributed by atoms with Crippen LogP contribution in [0.15, 0.2) is 48.8 Å². The van der Waals surface area contributed by atoms with Crippen LogP contribution in [0, 0.1) is 0 Å². The normalized spacial score (nSPS) is 8.64. The molecule has 6 N–H and O–H groups in total. The predicted molar refractivity (Wildman–Crippen MR) is 82.5 cm³/mol. The number of rotatable bonds is 2. The summed E-state index contributed by atoms with van der Waals surface area (Å²) in [5.74, 6) is 0.927. The third-order valence-electron chi connectivity index (χ3n) is 2.43. The van der Waals surface area contributed by atoms with Crippen molar-refractivity contribution in [2.75, 3.05) is 0 Å². The average molecular weight is 396 g/mol. The van der Waals surface area contributed by atoms with E-state index in [0.717, 1.165) is 0 Å². The molecule has 124 valence electrons. The van der Waals surface area contributed by atoms with E-state index >= 15 is 0 Å². The molecule has 4 rings (SSSR count). The Labute approximate surface area is 153 Å². The number of hydrogen-bond acceptors (Lipinski definition) is 8. The van der Waals surface area contributed by atoms with Crippen LogP contribution < -0.4 is 10.2 Å². The Morgan fingerprint density at radius 1 is 0.640 bits per heavy atom. The largest absolute Gasteiger partial charge is 2.00 e. The molecule has 0 bridgehead atoms.